The number of hydrogen-bond acceptors (Lipinski definition) is 3. The van der Waals surface area contributed by atoms with Crippen molar-refractivity contribution in [1.29, 1.82) is 0 Å². The molecule has 0 bridgehead atoms. The number of fused-ring (bicyclic) bond motifs is 1. The molecular formula is C16H12ClN3S. The molecule has 0 aliphatic heterocycles. The Hall–Kier alpha value is -2.17. The highest BCUT2D eigenvalue weighted by atomic mass is 35.5. The molecule has 0 aliphatic rings. The highest BCUT2D eigenvalue weighted by molar-refractivity contribution is 7.80. The first-order valence-electron chi connectivity index (χ1n) is 6.36. The molecule has 1 aromatic heterocycles. The molecule has 0 aliphatic carbocycles. The van der Waals surface area contributed by atoms with Gasteiger partial charge in [-0.3, -0.25) is 0 Å². The van der Waals surface area contributed by atoms with Crippen LogP contribution in [-0.2, 0) is 0 Å². The molecule has 104 valence electrons. The van der Waals surface area contributed by atoms with Crippen LogP contribution in [0.5, 0.6) is 0 Å². The lowest BCUT2D eigenvalue weighted by Gasteiger charge is -2.11. The zero-order chi connectivity index (χ0) is 14.8. The lowest BCUT2D eigenvalue weighted by Crippen LogP contribution is -2.11. The van der Waals surface area contributed by atoms with Crippen LogP contribution in [0.1, 0.15) is 5.56 Å². The summed E-state index contributed by atoms with van der Waals surface area (Å²) in [7, 11) is 0. The molecule has 3 N–H and O–H groups in total. The maximum absolute atomic E-state index is 6.15. The Balaban J connectivity index is 2.11. The first kappa shape index (κ1) is 13.8. The minimum Gasteiger partial charge on any atom is -0.389 e. The number of benzene rings is 2. The molecule has 0 atom stereocenters. The Bertz CT molecular complexity index is 833. The fraction of sp³-hybridized carbons (Fsp3) is 0. The summed E-state index contributed by atoms with van der Waals surface area (Å²) in [5.74, 6) is 0.657. The topological polar surface area (TPSA) is 50.9 Å². The van der Waals surface area contributed by atoms with E-state index in [1.807, 2.05) is 54.6 Å². The monoisotopic (exact) mass is 313 g/mol. The van der Waals surface area contributed by atoms with E-state index in [1.54, 1.807) is 0 Å². The Morgan fingerprint density at radius 2 is 1.81 bits per heavy atom. The van der Waals surface area contributed by atoms with Crippen molar-refractivity contribution >= 4 is 51.2 Å². The maximum Gasteiger partial charge on any atom is 0.131 e. The van der Waals surface area contributed by atoms with Gasteiger partial charge in [0, 0.05) is 10.9 Å². The molecule has 21 heavy (non-hydrogen) atoms. The van der Waals surface area contributed by atoms with E-state index in [-0.39, 0.29) is 0 Å². The van der Waals surface area contributed by atoms with E-state index in [4.69, 9.17) is 29.6 Å². The molecule has 0 saturated carbocycles. The fourth-order valence-corrected chi connectivity index (χ4v) is 2.50. The average molecular weight is 314 g/mol. The molecule has 2 aromatic carbocycles. The van der Waals surface area contributed by atoms with Crippen LogP contribution in [0.25, 0.3) is 10.9 Å². The highest BCUT2D eigenvalue weighted by Crippen LogP contribution is 2.27. The van der Waals surface area contributed by atoms with Gasteiger partial charge in [-0.25, -0.2) is 4.98 Å². The van der Waals surface area contributed by atoms with Crippen molar-refractivity contribution < 1.29 is 0 Å². The van der Waals surface area contributed by atoms with Crippen LogP contribution in [0.2, 0.25) is 5.02 Å². The number of nitrogens with zero attached hydrogens (tertiary/aromatic N) is 1. The van der Waals surface area contributed by atoms with E-state index in [2.05, 4.69) is 10.3 Å². The Morgan fingerprint density at radius 1 is 1.10 bits per heavy atom. The summed E-state index contributed by atoms with van der Waals surface area (Å²) in [6, 6.07) is 17.1. The lowest BCUT2D eigenvalue weighted by atomic mass is 10.1. The van der Waals surface area contributed by atoms with Crippen LogP contribution in [0.15, 0.2) is 54.6 Å². The Labute approximate surface area is 132 Å². The second-order valence-electron chi connectivity index (χ2n) is 4.54. The number of pyridine rings is 1. The first-order valence-corrected chi connectivity index (χ1v) is 7.15. The number of halogens is 1. The van der Waals surface area contributed by atoms with Crippen LogP contribution in [-0.4, -0.2) is 9.97 Å². The van der Waals surface area contributed by atoms with Gasteiger partial charge >= 0.3 is 0 Å². The summed E-state index contributed by atoms with van der Waals surface area (Å²) < 4.78 is 0. The zero-order valence-electron chi connectivity index (χ0n) is 11.0. The van der Waals surface area contributed by atoms with Crippen LogP contribution in [0.4, 0.5) is 11.5 Å². The number of anilines is 2. The van der Waals surface area contributed by atoms with Crippen molar-refractivity contribution in [2.75, 3.05) is 5.32 Å². The maximum atomic E-state index is 6.15. The van der Waals surface area contributed by atoms with E-state index in [9.17, 15) is 0 Å². The SMILES string of the molecule is NC(=S)c1cc(Nc2ccccc2Cl)nc2ccccc12. The molecule has 5 heteroatoms. The number of hydrogen-bond donors (Lipinski definition) is 2. The third kappa shape index (κ3) is 2.82. The van der Waals surface area contributed by atoms with Gasteiger partial charge in [-0.1, -0.05) is 54.2 Å². The van der Waals surface area contributed by atoms with Crippen molar-refractivity contribution in [2.24, 2.45) is 5.73 Å². The quantitative estimate of drug-likeness (QED) is 0.709. The van der Waals surface area contributed by atoms with Gasteiger partial charge in [0.05, 0.1) is 16.2 Å². The second kappa shape index (κ2) is 5.68. The number of aromatic nitrogens is 1. The molecule has 3 nitrogen and oxygen atoms in total. The van der Waals surface area contributed by atoms with Crippen molar-refractivity contribution in [3.05, 3.63) is 65.2 Å². The molecule has 1 heterocycles. The predicted octanol–water partition coefficient (Wildman–Crippen LogP) is 4.27. The predicted molar refractivity (Wildman–Crippen MR) is 92.4 cm³/mol. The minimum atomic E-state index is 0.343. The first-order chi connectivity index (χ1) is 10.1. The van der Waals surface area contributed by atoms with E-state index in [0.29, 0.717) is 15.8 Å². The summed E-state index contributed by atoms with van der Waals surface area (Å²) in [5.41, 5.74) is 8.24. The summed E-state index contributed by atoms with van der Waals surface area (Å²) in [6.07, 6.45) is 0. The molecule has 0 radical (unpaired) electrons. The molecule has 0 spiro atoms. The van der Waals surface area contributed by atoms with Crippen molar-refractivity contribution in [1.82, 2.24) is 4.98 Å². The van der Waals surface area contributed by atoms with Gasteiger partial charge in [0.2, 0.25) is 0 Å². The summed E-state index contributed by atoms with van der Waals surface area (Å²) in [4.78, 5) is 4.91. The second-order valence-corrected chi connectivity index (χ2v) is 5.39. The normalized spacial score (nSPS) is 10.5. The minimum absolute atomic E-state index is 0.343. The largest absolute Gasteiger partial charge is 0.389 e. The highest BCUT2D eigenvalue weighted by Gasteiger charge is 2.08. The number of para-hydroxylation sites is 2. The van der Waals surface area contributed by atoms with Gasteiger partial charge in [-0.2, -0.15) is 0 Å². The summed E-state index contributed by atoms with van der Waals surface area (Å²) in [5, 5.41) is 4.77. The van der Waals surface area contributed by atoms with E-state index in [0.717, 1.165) is 22.2 Å². The molecule has 0 amide bonds. The van der Waals surface area contributed by atoms with E-state index in [1.165, 1.54) is 0 Å². The van der Waals surface area contributed by atoms with Crippen LogP contribution < -0.4 is 11.1 Å². The third-order valence-corrected chi connectivity index (χ3v) is 3.67. The summed E-state index contributed by atoms with van der Waals surface area (Å²) in [6.45, 7) is 0. The van der Waals surface area contributed by atoms with Crippen molar-refractivity contribution in [3.63, 3.8) is 0 Å². The van der Waals surface area contributed by atoms with Gasteiger partial charge in [-0.15, -0.1) is 0 Å². The Morgan fingerprint density at radius 3 is 2.57 bits per heavy atom. The number of nitrogens with one attached hydrogen (secondary N) is 1. The molecule has 3 aromatic rings. The lowest BCUT2D eigenvalue weighted by molar-refractivity contribution is 1.37. The summed E-state index contributed by atoms with van der Waals surface area (Å²) >= 11 is 11.3. The van der Waals surface area contributed by atoms with Gasteiger partial charge < -0.3 is 11.1 Å². The van der Waals surface area contributed by atoms with Crippen LogP contribution in [0.3, 0.4) is 0 Å². The fourth-order valence-electron chi connectivity index (χ4n) is 2.14. The third-order valence-electron chi connectivity index (χ3n) is 3.12. The van der Waals surface area contributed by atoms with Gasteiger partial charge in [0.15, 0.2) is 0 Å². The van der Waals surface area contributed by atoms with Gasteiger partial charge in [-0.05, 0) is 24.3 Å². The van der Waals surface area contributed by atoms with E-state index < -0.39 is 0 Å². The number of rotatable bonds is 3. The molecule has 3 rings (SSSR count). The standard InChI is InChI=1S/C16H12ClN3S/c17-12-6-2-4-8-14(12)20-15-9-11(16(18)21)10-5-1-3-7-13(10)19-15/h1-9H,(H2,18,21)(H,19,20). The molecule has 0 unspecified atom stereocenters. The Kier molecular flexibility index (Phi) is 3.73. The van der Waals surface area contributed by atoms with Crippen molar-refractivity contribution in [3.8, 4) is 0 Å². The van der Waals surface area contributed by atoms with Crippen LogP contribution >= 0.6 is 23.8 Å². The van der Waals surface area contributed by atoms with Crippen LogP contribution in [0, 0.1) is 0 Å². The molecule has 0 saturated heterocycles. The molecular weight excluding hydrogens is 302 g/mol. The van der Waals surface area contributed by atoms with Crippen molar-refractivity contribution in [2.45, 2.75) is 0 Å². The number of thiocarbonyl (C=S) groups is 1. The van der Waals surface area contributed by atoms with Gasteiger partial charge in [0.1, 0.15) is 10.8 Å². The van der Waals surface area contributed by atoms with Gasteiger partial charge in [0.25, 0.3) is 0 Å². The smallest absolute Gasteiger partial charge is 0.131 e. The zero-order valence-corrected chi connectivity index (χ0v) is 12.6. The molecule has 0 fully saturated rings. The number of nitrogens with two attached hydrogens (primary N) is 1. The average Bonchev–Trinajstić information content (AvgIpc) is 2.48. The van der Waals surface area contributed by atoms with E-state index >= 15 is 0 Å².